The number of carbonyl (C=O) groups excluding carboxylic acids is 2. The number of H-pyrrole nitrogens is 1. The molecular weight excluding hydrogens is 296 g/mol. The van der Waals surface area contributed by atoms with Crippen molar-refractivity contribution in [2.45, 2.75) is 19.8 Å². The van der Waals surface area contributed by atoms with Gasteiger partial charge in [-0.2, -0.15) is 0 Å². The monoisotopic (exact) mass is 316 g/mol. The molecular formula is C16H20N4O3. The van der Waals surface area contributed by atoms with Crippen LogP contribution in [0.2, 0.25) is 0 Å². The SMILES string of the molecule is CCOC(=O)N1CCCC(C(=O)Nc2nc3ccccc3[nH]2)C1. The first-order valence-electron chi connectivity index (χ1n) is 7.84. The number of aromatic nitrogens is 2. The van der Waals surface area contributed by atoms with Crippen LogP contribution >= 0.6 is 0 Å². The fourth-order valence-corrected chi connectivity index (χ4v) is 2.80. The van der Waals surface area contributed by atoms with Crippen molar-refractivity contribution in [1.29, 1.82) is 0 Å². The number of amides is 2. The van der Waals surface area contributed by atoms with Gasteiger partial charge < -0.3 is 14.6 Å². The summed E-state index contributed by atoms with van der Waals surface area (Å²) in [5.74, 6) is 0.0591. The van der Waals surface area contributed by atoms with Gasteiger partial charge in [-0.15, -0.1) is 0 Å². The number of imidazole rings is 1. The number of hydrogen-bond donors (Lipinski definition) is 2. The van der Waals surface area contributed by atoms with Crippen LogP contribution in [0.15, 0.2) is 24.3 Å². The van der Waals surface area contributed by atoms with Gasteiger partial charge in [0.15, 0.2) is 0 Å². The van der Waals surface area contributed by atoms with Gasteiger partial charge in [0, 0.05) is 13.1 Å². The molecule has 2 amide bonds. The number of nitrogens with zero attached hydrogens (tertiary/aromatic N) is 2. The minimum absolute atomic E-state index is 0.127. The molecule has 0 aliphatic carbocycles. The van der Waals surface area contributed by atoms with Crippen molar-refractivity contribution in [2.24, 2.45) is 5.92 Å². The number of aromatic amines is 1. The Morgan fingerprint density at radius 3 is 3.04 bits per heavy atom. The summed E-state index contributed by atoms with van der Waals surface area (Å²) in [6.07, 6.45) is 1.19. The third kappa shape index (κ3) is 3.44. The van der Waals surface area contributed by atoms with Crippen molar-refractivity contribution in [3.8, 4) is 0 Å². The largest absolute Gasteiger partial charge is 0.450 e. The Morgan fingerprint density at radius 1 is 1.43 bits per heavy atom. The summed E-state index contributed by atoms with van der Waals surface area (Å²) in [5, 5.41) is 2.81. The van der Waals surface area contributed by atoms with Crippen LogP contribution in [0.5, 0.6) is 0 Å². The van der Waals surface area contributed by atoms with Gasteiger partial charge >= 0.3 is 6.09 Å². The Kier molecular flexibility index (Phi) is 4.45. The first-order chi connectivity index (χ1) is 11.2. The molecule has 2 heterocycles. The zero-order valence-corrected chi connectivity index (χ0v) is 13.0. The number of anilines is 1. The summed E-state index contributed by atoms with van der Waals surface area (Å²) in [6, 6.07) is 7.59. The topological polar surface area (TPSA) is 87.3 Å². The van der Waals surface area contributed by atoms with Gasteiger partial charge in [-0.3, -0.25) is 10.1 Å². The van der Waals surface area contributed by atoms with Crippen molar-refractivity contribution in [1.82, 2.24) is 14.9 Å². The maximum absolute atomic E-state index is 12.4. The molecule has 23 heavy (non-hydrogen) atoms. The van der Waals surface area contributed by atoms with Crippen molar-refractivity contribution in [2.75, 3.05) is 25.0 Å². The van der Waals surface area contributed by atoms with Crippen molar-refractivity contribution in [3.63, 3.8) is 0 Å². The number of likely N-dealkylation sites (tertiary alicyclic amines) is 1. The third-order valence-corrected chi connectivity index (χ3v) is 3.95. The normalized spacial score (nSPS) is 18.0. The zero-order valence-electron chi connectivity index (χ0n) is 13.0. The summed E-state index contributed by atoms with van der Waals surface area (Å²) >= 11 is 0. The molecule has 1 atom stereocenters. The molecule has 1 aliphatic rings. The highest BCUT2D eigenvalue weighted by molar-refractivity contribution is 5.93. The van der Waals surface area contributed by atoms with E-state index in [4.69, 9.17) is 4.74 Å². The summed E-state index contributed by atoms with van der Waals surface area (Å²) in [6.45, 7) is 3.12. The Labute approximate surface area is 134 Å². The summed E-state index contributed by atoms with van der Waals surface area (Å²) in [7, 11) is 0. The molecule has 3 rings (SSSR count). The van der Waals surface area contributed by atoms with Crippen molar-refractivity contribution in [3.05, 3.63) is 24.3 Å². The van der Waals surface area contributed by atoms with Crippen molar-refractivity contribution >= 4 is 29.0 Å². The summed E-state index contributed by atoms with van der Waals surface area (Å²) in [4.78, 5) is 33.2. The predicted molar refractivity (Wildman–Crippen MR) is 86.0 cm³/mol. The minimum Gasteiger partial charge on any atom is -0.450 e. The number of piperidine rings is 1. The van der Waals surface area contributed by atoms with E-state index < -0.39 is 0 Å². The summed E-state index contributed by atoms with van der Waals surface area (Å²) < 4.78 is 5.00. The smallest absolute Gasteiger partial charge is 0.409 e. The number of hydrogen-bond acceptors (Lipinski definition) is 4. The van der Waals surface area contributed by atoms with Crippen LogP contribution < -0.4 is 5.32 Å². The average molecular weight is 316 g/mol. The number of benzene rings is 1. The van der Waals surface area contributed by atoms with E-state index in [0.717, 1.165) is 23.9 Å². The van der Waals surface area contributed by atoms with E-state index in [1.54, 1.807) is 11.8 Å². The highest BCUT2D eigenvalue weighted by atomic mass is 16.6. The average Bonchev–Trinajstić information content (AvgIpc) is 2.97. The van der Waals surface area contributed by atoms with Gasteiger partial charge in [0.1, 0.15) is 0 Å². The van der Waals surface area contributed by atoms with E-state index in [1.165, 1.54) is 0 Å². The number of nitrogens with one attached hydrogen (secondary N) is 2. The van der Waals surface area contributed by atoms with Gasteiger partial charge in [0.25, 0.3) is 0 Å². The molecule has 1 aliphatic heterocycles. The second-order valence-corrected chi connectivity index (χ2v) is 5.58. The molecule has 2 aromatic rings. The Morgan fingerprint density at radius 2 is 2.26 bits per heavy atom. The second kappa shape index (κ2) is 6.68. The van der Waals surface area contributed by atoms with Crippen LogP contribution in [0.4, 0.5) is 10.7 Å². The highest BCUT2D eigenvalue weighted by Gasteiger charge is 2.29. The fourth-order valence-electron chi connectivity index (χ4n) is 2.80. The maximum atomic E-state index is 12.4. The lowest BCUT2D eigenvalue weighted by atomic mass is 9.97. The van der Waals surface area contributed by atoms with Gasteiger partial charge in [0.05, 0.1) is 23.6 Å². The Hall–Kier alpha value is -2.57. The van der Waals surface area contributed by atoms with E-state index in [1.807, 2.05) is 24.3 Å². The molecule has 1 aromatic heterocycles. The van der Waals surface area contributed by atoms with E-state index in [-0.39, 0.29) is 17.9 Å². The molecule has 0 bridgehead atoms. The van der Waals surface area contributed by atoms with E-state index in [2.05, 4.69) is 15.3 Å². The molecule has 7 nitrogen and oxygen atoms in total. The van der Waals surface area contributed by atoms with Crippen LogP contribution in [0.1, 0.15) is 19.8 Å². The van der Waals surface area contributed by atoms with E-state index in [9.17, 15) is 9.59 Å². The Bertz CT molecular complexity index is 679. The maximum Gasteiger partial charge on any atom is 0.409 e. The van der Waals surface area contributed by atoms with Crippen LogP contribution in [0.25, 0.3) is 11.0 Å². The molecule has 7 heteroatoms. The standard InChI is InChI=1S/C16H20N4O3/c1-2-23-16(22)20-9-5-6-11(10-20)14(21)19-15-17-12-7-3-4-8-13(12)18-15/h3-4,7-8,11H,2,5-6,9-10H2,1H3,(H2,17,18,19,21). The van der Waals surface area contributed by atoms with Crippen LogP contribution in [-0.2, 0) is 9.53 Å². The van der Waals surface area contributed by atoms with Crippen LogP contribution in [-0.4, -0.2) is 46.6 Å². The zero-order chi connectivity index (χ0) is 16.2. The van der Waals surface area contributed by atoms with Crippen molar-refractivity contribution < 1.29 is 14.3 Å². The van der Waals surface area contributed by atoms with Crippen LogP contribution in [0, 0.1) is 5.92 Å². The molecule has 0 saturated carbocycles. The molecule has 122 valence electrons. The molecule has 0 spiro atoms. The van der Waals surface area contributed by atoms with Crippen LogP contribution in [0.3, 0.4) is 0 Å². The fraction of sp³-hybridized carbons (Fsp3) is 0.438. The molecule has 1 saturated heterocycles. The number of carbonyl (C=O) groups is 2. The number of rotatable bonds is 3. The quantitative estimate of drug-likeness (QED) is 0.910. The third-order valence-electron chi connectivity index (χ3n) is 3.95. The molecule has 1 fully saturated rings. The van der Waals surface area contributed by atoms with E-state index in [0.29, 0.717) is 25.6 Å². The first-order valence-corrected chi connectivity index (χ1v) is 7.84. The molecule has 1 aromatic carbocycles. The number of ether oxygens (including phenoxy) is 1. The highest BCUT2D eigenvalue weighted by Crippen LogP contribution is 2.20. The predicted octanol–water partition coefficient (Wildman–Crippen LogP) is 2.37. The number of fused-ring (bicyclic) bond motifs is 1. The van der Waals surface area contributed by atoms with Gasteiger partial charge in [-0.25, -0.2) is 9.78 Å². The van der Waals surface area contributed by atoms with Gasteiger partial charge in [0.2, 0.25) is 11.9 Å². The molecule has 1 unspecified atom stereocenters. The van der Waals surface area contributed by atoms with Gasteiger partial charge in [-0.1, -0.05) is 12.1 Å². The first kappa shape index (κ1) is 15.3. The lowest BCUT2D eigenvalue weighted by Gasteiger charge is -2.30. The summed E-state index contributed by atoms with van der Waals surface area (Å²) in [5.41, 5.74) is 1.68. The molecule has 0 radical (unpaired) electrons. The Balaban J connectivity index is 1.64. The number of para-hydroxylation sites is 2. The lowest BCUT2D eigenvalue weighted by molar-refractivity contribution is -0.121. The lowest BCUT2D eigenvalue weighted by Crippen LogP contribution is -2.44. The minimum atomic E-state index is -0.353. The molecule has 2 N–H and O–H groups in total. The van der Waals surface area contributed by atoms with E-state index >= 15 is 0 Å². The second-order valence-electron chi connectivity index (χ2n) is 5.58. The van der Waals surface area contributed by atoms with Gasteiger partial charge in [-0.05, 0) is 31.9 Å².